The highest BCUT2D eigenvalue weighted by Crippen LogP contribution is 2.41. The molecule has 0 saturated heterocycles. The van der Waals surface area contributed by atoms with Gasteiger partial charge in [0.15, 0.2) is 5.75 Å². The number of hydrogen-bond acceptors (Lipinski definition) is 7. The van der Waals surface area contributed by atoms with Crippen molar-refractivity contribution in [3.63, 3.8) is 0 Å². The molecule has 0 aromatic heterocycles. The summed E-state index contributed by atoms with van der Waals surface area (Å²) in [6, 6.07) is 21.8. The average Bonchev–Trinajstić information content (AvgIpc) is 2.88. The van der Waals surface area contributed by atoms with Crippen LogP contribution in [0.25, 0.3) is 10.8 Å². The van der Waals surface area contributed by atoms with E-state index in [-0.39, 0.29) is 27.6 Å². The number of sulfonamides is 1. The molecule has 0 aliphatic carbocycles. The monoisotopic (exact) mass is 504 g/mol. The van der Waals surface area contributed by atoms with Gasteiger partial charge in [0.05, 0.1) is 17.6 Å². The first-order valence-corrected chi connectivity index (χ1v) is 12.3. The van der Waals surface area contributed by atoms with Crippen LogP contribution in [0.3, 0.4) is 0 Å². The van der Waals surface area contributed by atoms with E-state index >= 15 is 0 Å². The molecule has 184 valence electrons. The molecule has 4 rings (SSSR count). The molecule has 0 bridgehead atoms. The van der Waals surface area contributed by atoms with Gasteiger partial charge in [0.1, 0.15) is 17.1 Å². The zero-order valence-electron chi connectivity index (χ0n) is 19.8. The summed E-state index contributed by atoms with van der Waals surface area (Å²) < 4.78 is 31.6. The van der Waals surface area contributed by atoms with Crippen LogP contribution in [0.1, 0.15) is 10.4 Å². The molecule has 0 aliphatic rings. The van der Waals surface area contributed by atoms with Gasteiger partial charge in [-0.15, -0.1) is 10.2 Å². The number of ether oxygens (including phenoxy) is 1. The van der Waals surface area contributed by atoms with Crippen molar-refractivity contribution in [2.75, 3.05) is 26.5 Å². The Balaban J connectivity index is 1.82. The normalized spacial score (nSPS) is 11.8. The first-order valence-electron chi connectivity index (χ1n) is 10.9. The van der Waals surface area contributed by atoms with Crippen molar-refractivity contribution in [2.24, 2.45) is 10.2 Å². The molecule has 9 nitrogen and oxygen atoms in total. The third kappa shape index (κ3) is 4.90. The Morgan fingerprint density at radius 1 is 0.944 bits per heavy atom. The van der Waals surface area contributed by atoms with E-state index in [9.17, 15) is 18.3 Å². The van der Waals surface area contributed by atoms with Crippen molar-refractivity contribution in [1.29, 1.82) is 0 Å². The van der Waals surface area contributed by atoms with Gasteiger partial charge >= 0.3 is 0 Å². The predicted octanol–water partition coefficient (Wildman–Crippen LogP) is 5.47. The molecule has 0 heterocycles. The van der Waals surface area contributed by atoms with Gasteiger partial charge in [-0.05, 0) is 41.8 Å². The van der Waals surface area contributed by atoms with E-state index in [4.69, 9.17) is 4.74 Å². The molecule has 4 aromatic rings. The van der Waals surface area contributed by atoms with Gasteiger partial charge in [-0.3, -0.25) is 4.79 Å². The number of nitrogens with zero attached hydrogens (tertiary/aromatic N) is 3. The fourth-order valence-electron chi connectivity index (χ4n) is 3.53. The van der Waals surface area contributed by atoms with Crippen molar-refractivity contribution in [3.8, 4) is 11.5 Å². The van der Waals surface area contributed by atoms with Gasteiger partial charge in [0, 0.05) is 25.2 Å². The third-order valence-electron chi connectivity index (χ3n) is 5.46. The van der Waals surface area contributed by atoms with Crippen LogP contribution in [-0.4, -0.2) is 44.9 Å². The van der Waals surface area contributed by atoms with Crippen LogP contribution in [0, 0.1) is 0 Å². The van der Waals surface area contributed by atoms with Gasteiger partial charge in [-0.25, -0.2) is 12.7 Å². The Morgan fingerprint density at radius 2 is 1.64 bits per heavy atom. The van der Waals surface area contributed by atoms with E-state index in [0.29, 0.717) is 22.2 Å². The second kappa shape index (κ2) is 10.1. The highest BCUT2D eigenvalue weighted by molar-refractivity contribution is 7.89. The van der Waals surface area contributed by atoms with Crippen molar-refractivity contribution >= 4 is 43.8 Å². The number of anilines is 1. The Bertz CT molecular complexity index is 1570. The number of nitrogens with one attached hydrogen (secondary N) is 1. The lowest BCUT2D eigenvalue weighted by atomic mass is 10.0. The number of fused-ring (bicyclic) bond motifs is 1. The maximum absolute atomic E-state index is 13.0. The van der Waals surface area contributed by atoms with Crippen LogP contribution < -0.4 is 10.1 Å². The Kier molecular flexibility index (Phi) is 7.00. The van der Waals surface area contributed by atoms with Gasteiger partial charge in [0.2, 0.25) is 10.0 Å². The molecule has 0 atom stereocenters. The first kappa shape index (κ1) is 24.8. The summed E-state index contributed by atoms with van der Waals surface area (Å²) >= 11 is 0. The molecule has 36 heavy (non-hydrogen) atoms. The van der Waals surface area contributed by atoms with E-state index in [0.717, 1.165) is 4.31 Å². The first-order chi connectivity index (χ1) is 17.2. The summed E-state index contributed by atoms with van der Waals surface area (Å²) in [7, 11) is 0.557. The molecule has 4 aromatic carbocycles. The van der Waals surface area contributed by atoms with Crippen molar-refractivity contribution in [1.82, 2.24) is 4.31 Å². The number of carbonyl (C=O) groups excluding carboxylic acids is 1. The smallest absolute Gasteiger partial charge is 0.259 e. The summed E-state index contributed by atoms with van der Waals surface area (Å²) in [4.78, 5) is 13.0. The van der Waals surface area contributed by atoms with Crippen LogP contribution in [-0.2, 0) is 10.0 Å². The number of phenols is 1. The standard InChI is InChI=1S/C26H24N4O5S/c1-30(2)36(33,34)19-13-14-23(35-3)22(16-19)28-29-24-20-12-8-7-9-17(20)15-21(25(24)31)26(32)27-18-10-5-4-6-11-18/h4-16,31H,1-3H3,(H,27,32). The highest BCUT2D eigenvalue weighted by Gasteiger charge is 2.21. The Morgan fingerprint density at radius 3 is 2.33 bits per heavy atom. The number of rotatable bonds is 7. The molecular formula is C26H24N4O5S. The van der Waals surface area contributed by atoms with E-state index in [1.165, 1.54) is 39.4 Å². The number of benzene rings is 4. The zero-order chi connectivity index (χ0) is 25.9. The van der Waals surface area contributed by atoms with E-state index < -0.39 is 15.9 Å². The number of methoxy groups -OCH3 is 1. The summed E-state index contributed by atoms with van der Waals surface area (Å²) in [5.41, 5.74) is 0.793. The minimum Gasteiger partial charge on any atom is -0.505 e. The van der Waals surface area contributed by atoms with Gasteiger partial charge in [-0.1, -0.05) is 42.5 Å². The maximum Gasteiger partial charge on any atom is 0.259 e. The summed E-state index contributed by atoms with van der Waals surface area (Å²) in [6.07, 6.45) is 0. The summed E-state index contributed by atoms with van der Waals surface area (Å²) in [5.74, 6) is -0.585. The number of para-hydroxylation sites is 1. The molecule has 1 amide bonds. The molecule has 0 fully saturated rings. The van der Waals surface area contributed by atoms with Crippen LogP contribution in [0.2, 0.25) is 0 Å². The SMILES string of the molecule is COc1ccc(S(=O)(=O)N(C)C)cc1N=Nc1c(O)c(C(=O)Nc2ccccc2)cc2ccccc12. The van der Waals surface area contributed by atoms with Crippen molar-refractivity contribution in [2.45, 2.75) is 4.90 Å². The lowest BCUT2D eigenvalue weighted by Crippen LogP contribution is -2.22. The number of aromatic hydroxyl groups is 1. The van der Waals surface area contributed by atoms with Crippen LogP contribution in [0.15, 0.2) is 94.0 Å². The topological polar surface area (TPSA) is 121 Å². The number of carbonyl (C=O) groups is 1. The second-order valence-corrected chi connectivity index (χ2v) is 10.1. The van der Waals surface area contributed by atoms with Crippen molar-refractivity contribution in [3.05, 3.63) is 84.4 Å². The predicted molar refractivity (Wildman–Crippen MR) is 138 cm³/mol. The average molecular weight is 505 g/mol. The number of amides is 1. The molecule has 10 heteroatoms. The molecule has 0 aliphatic heterocycles. The van der Waals surface area contributed by atoms with Crippen LogP contribution >= 0.6 is 0 Å². The number of hydrogen-bond donors (Lipinski definition) is 2. The van der Waals surface area contributed by atoms with E-state index in [1.807, 2.05) is 6.07 Å². The van der Waals surface area contributed by atoms with E-state index in [1.54, 1.807) is 54.6 Å². The minimum absolute atomic E-state index is 0.00678. The molecular weight excluding hydrogens is 480 g/mol. The fourth-order valence-corrected chi connectivity index (χ4v) is 4.46. The lowest BCUT2D eigenvalue weighted by molar-refractivity contribution is 0.102. The van der Waals surface area contributed by atoms with Crippen LogP contribution in [0.5, 0.6) is 11.5 Å². The second-order valence-electron chi connectivity index (χ2n) is 7.98. The Labute approximate surface area is 208 Å². The van der Waals surface area contributed by atoms with Crippen molar-refractivity contribution < 1.29 is 23.1 Å². The van der Waals surface area contributed by atoms with Gasteiger partial charge in [0.25, 0.3) is 5.91 Å². The minimum atomic E-state index is -3.72. The molecule has 0 unspecified atom stereocenters. The quantitative estimate of drug-likeness (QED) is 0.323. The summed E-state index contributed by atoms with van der Waals surface area (Å²) in [5, 5.41) is 23.5. The maximum atomic E-state index is 13.0. The van der Waals surface area contributed by atoms with Gasteiger partial charge < -0.3 is 15.2 Å². The largest absolute Gasteiger partial charge is 0.505 e. The molecule has 2 N–H and O–H groups in total. The fraction of sp³-hybridized carbons (Fsp3) is 0.115. The lowest BCUT2D eigenvalue weighted by Gasteiger charge is -2.13. The molecule has 0 radical (unpaired) electrons. The van der Waals surface area contributed by atoms with E-state index in [2.05, 4.69) is 15.5 Å². The van der Waals surface area contributed by atoms with Gasteiger partial charge in [-0.2, -0.15) is 0 Å². The number of phenolic OH excluding ortho intramolecular Hbond substituents is 1. The summed E-state index contributed by atoms with van der Waals surface area (Å²) in [6.45, 7) is 0. The number of azo groups is 1. The van der Waals surface area contributed by atoms with Crippen LogP contribution in [0.4, 0.5) is 17.1 Å². The molecule has 0 saturated carbocycles. The third-order valence-corrected chi connectivity index (χ3v) is 7.27. The highest BCUT2D eigenvalue weighted by atomic mass is 32.2. The Hall–Kier alpha value is -4.28. The molecule has 0 spiro atoms. The zero-order valence-corrected chi connectivity index (χ0v) is 20.7.